The van der Waals surface area contributed by atoms with Gasteiger partial charge in [0, 0.05) is 0 Å². The van der Waals surface area contributed by atoms with Crippen molar-refractivity contribution in [1.29, 1.82) is 0 Å². The second kappa shape index (κ2) is 10.3. The first-order valence-corrected chi connectivity index (χ1v) is 15.9. The van der Waals surface area contributed by atoms with E-state index in [-0.39, 0.29) is 23.0 Å². The maximum Gasteiger partial charge on any atom is 0.115 e. The molecule has 0 bridgehead atoms. The number of fused-ring (bicyclic) bond motifs is 5. The summed E-state index contributed by atoms with van der Waals surface area (Å²) in [5.74, 6) is 3.41. The van der Waals surface area contributed by atoms with Gasteiger partial charge < -0.3 is 15.3 Å². The molecule has 0 radical (unpaired) electrons. The number of hydrogen-bond donors (Lipinski definition) is 3. The third-order valence-electron chi connectivity index (χ3n) is 13.0. The van der Waals surface area contributed by atoms with Crippen LogP contribution in [-0.2, 0) is 5.60 Å². The molecule has 3 heteroatoms. The van der Waals surface area contributed by atoms with Gasteiger partial charge in [-0.05, 0) is 122 Å². The highest BCUT2D eigenvalue weighted by molar-refractivity contribution is 5.35. The third-order valence-corrected chi connectivity index (χ3v) is 13.0. The molecule has 6 rings (SSSR count). The lowest BCUT2D eigenvalue weighted by Crippen LogP contribution is -2.58. The summed E-state index contributed by atoms with van der Waals surface area (Å²) in [7, 11) is 0. The van der Waals surface area contributed by atoms with Gasteiger partial charge in [-0.25, -0.2) is 0 Å². The van der Waals surface area contributed by atoms with Crippen molar-refractivity contribution in [2.75, 3.05) is 0 Å². The lowest BCUT2D eigenvalue weighted by Gasteiger charge is -2.62. The van der Waals surface area contributed by atoms with Gasteiger partial charge in [0.05, 0.1) is 12.2 Å². The first kappa shape index (κ1) is 27.5. The Hall–Kier alpha value is -1.68. The highest BCUT2D eigenvalue weighted by atomic mass is 16.3. The smallest absolute Gasteiger partial charge is 0.115 e. The highest BCUT2D eigenvalue weighted by Crippen LogP contribution is 2.68. The van der Waals surface area contributed by atoms with Crippen molar-refractivity contribution in [2.45, 2.75) is 103 Å². The second-order valence-corrected chi connectivity index (χ2v) is 14.5. The molecule has 0 saturated heterocycles. The summed E-state index contributed by atoms with van der Waals surface area (Å²) in [6, 6.07) is 20.3. The van der Waals surface area contributed by atoms with Gasteiger partial charge in [0.25, 0.3) is 0 Å². The minimum atomic E-state index is -1.01. The zero-order valence-corrected chi connectivity index (χ0v) is 24.3. The molecule has 4 fully saturated rings. The monoisotopic (exact) mass is 530 g/mol. The van der Waals surface area contributed by atoms with E-state index in [1.807, 2.05) is 36.4 Å². The minimum Gasteiger partial charge on any atom is -0.393 e. The fraction of sp³-hybridized carbons (Fsp3) is 0.667. The van der Waals surface area contributed by atoms with Gasteiger partial charge >= 0.3 is 0 Å². The van der Waals surface area contributed by atoms with E-state index in [1.54, 1.807) is 0 Å². The molecule has 0 heterocycles. The van der Waals surface area contributed by atoms with Gasteiger partial charge in [-0.3, -0.25) is 0 Å². The van der Waals surface area contributed by atoms with Gasteiger partial charge in [-0.2, -0.15) is 0 Å². The van der Waals surface area contributed by atoms with Crippen molar-refractivity contribution < 1.29 is 15.3 Å². The molecule has 0 aliphatic heterocycles. The van der Waals surface area contributed by atoms with E-state index in [0.717, 1.165) is 43.2 Å². The lowest BCUT2D eigenvalue weighted by atomic mass is 9.43. The fourth-order valence-electron chi connectivity index (χ4n) is 10.7. The van der Waals surface area contributed by atoms with Crippen LogP contribution in [0.25, 0.3) is 0 Å². The van der Waals surface area contributed by atoms with Crippen LogP contribution in [-0.4, -0.2) is 27.5 Å². The standard InChI is InChI=1S/C36H50O3/c1-24(18-21-36(39,25-10-6-4-7-11-25)26-12-8-5-9-13-26)30-16-17-31-29-15-14-27-22-28(37)19-20-34(27,2)32(29)23-33(38)35(30,31)3/h4-13,24,27-33,37-39H,14-23H2,1-3H3/t24?,27?,28?,29?,30?,31?,32?,33?,34-,35+/m0/s1. The highest BCUT2D eigenvalue weighted by Gasteiger charge is 2.63. The van der Waals surface area contributed by atoms with E-state index < -0.39 is 5.60 Å². The molecule has 39 heavy (non-hydrogen) atoms. The predicted molar refractivity (Wildman–Crippen MR) is 157 cm³/mol. The Morgan fingerprint density at radius 1 is 0.821 bits per heavy atom. The van der Waals surface area contributed by atoms with Crippen LogP contribution >= 0.6 is 0 Å². The summed E-state index contributed by atoms with van der Waals surface area (Å²) in [6.45, 7) is 7.30. The van der Waals surface area contributed by atoms with Crippen molar-refractivity contribution in [3.8, 4) is 0 Å². The van der Waals surface area contributed by atoms with Gasteiger partial charge in [-0.15, -0.1) is 0 Å². The Morgan fingerprint density at radius 3 is 2.10 bits per heavy atom. The van der Waals surface area contributed by atoms with Crippen molar-refractivity contribution in [1.82, 2.24) is 0 Å². The van der Waals surface area contributed by atoms with Crippen molar-refractivity contribution in [3.05, 3.63) is 71.8 Å². The molecule has 212 valence electrons. The summed E-state index contributed by atoms with van der Waals surface area (Å²) in [5.41, 5.74) is 1.14. The number of aliphatic hydroxyl groups excluding tert-OH is 2. The Morgan fingerprint density at radius 2 is 1.46 bits per heavy atom. The van der Waals surface area contributed by atoms with Crippen molar-refractivity contribution >= 4 is 0 Å². The summed E-state index contributed by atoms with van der Waals surface area (Å²) in [4.78, 5) is 0. The molecule has 3 N–H and O–H groups in total. The number of hydrogen-bond acceptors (Lipinski definition) is 3. The van der Waals surface area contributed by atoms with Crippen LogP contribution in [0.1, 0.15) is 96.1 Å². The molecule has 2 aromatic carbocycles. The largest absolute Gasteiger partial charge is 0.393 e. The van der Waals surface area contributed by atoms with Gasteiger partial charge in [-0.1, -0.05) is 81.4 Å². The Kier molecular flexibility index (Phi) is 7.26. The molecule has 0 aromatic heterocycles. The van der Waals surface area contributed by atoms with E-state index in [0.29, 0.717) is 41.9 Å². The number of rotatable bonds is 6. The molecule has 0 amide bonds. The van der Waals surface area contributed by atoms with Crippen LogP contribution < -0.4 is 0 Å². The lowest BCUT2D eigenvalue weighted by molar-refractivity contribution is -0.175. The van der Waals surface area contributed by atoms with Gasteiger partial charge in [0.15, 0.2) is 0 Å². The summed E-state index contributed by atoms with van der Waals surface area (Å²) >= 11 is 0. The molecule has 2 aromatic rings. The minimum absolute atomic E-state index is 0.0461. The Labute approximate surface area is 236 Å². The molecule has 4 aliphatic rings. The Bertz CT molecular complexity index is 1080. The topological polar surface area (TPSA) is 60.7 Å². The van der Waals surface area contributed by atoms with E-state index in [9.17, 15) is 15.3 Å². The van der Waals surface area contributed by atoms with Crippen molar-refractivity contribution in [3.63, 3.8) is 0 Å². The fourth-order valence-corrected chi connectivity index (χ4v) is 10.7. The molecule has 0 spiro atoms. The van der Waals surface area contributed by atoms with E-state index in [2.05, 4.69) is 45.0 Å². The maximum atomic E-state index is 12.1. The van der Waals surface area contributed by atoms with Gasteiger partial charge in [0.2, 0.25) is 0 Å². The normalized spacial score (nSPS) is 40.8. The molecule has 8 unspecified atom stereocenters. The van der Waals surface area contributed by atoms with Crippen LogP contribution in [0.4, 0.5) is 0 Å². The quantitative estimate of drug-likeness (QED) is 0.366. The average molecular weight is 531 g/mol. The van der Waals surface area contributed by atoms with E-state index in [1.165, 1.54) is 25.7 Å². The molecular weight excluding hydrogens is 480 g/mol. The molecule has 4 saturated carbocycles. The van der Waals surface area contributed by atoms with E-state index >= 15 is 0 Å². The zero-order chi connectivity index (χ0) is 27.4. The van der Waals surface area contributed by atoms with Crippen LogP contribution in [0.3, 0.4) is 0 Å². The summed E-state index contributed by atoms with van der Waals surface area (Å²) in [6.07, 6.45) is 10.1. The zero-order valence-electron chi connectivity index (χ0n) is 24.3. The Balaban J connectivity index is 1.22. The predicted octanol–water partition coefficient (Wildman–Crippen LogP) is 7.33. The van der Waals surface area contributed by atoms with Crippen molar-refractivity contribution in [2.24, 2.45) is 46.3 Å². The molecule has 10 atom stereocenters. The first-order chi connectivity index (χ1) is 18.7. The third kappa shape index (κ3) is 4.43. The van der Waals surface area contributed by atoms with Crippen LogP contribution in [0, 0.1) is 46.3 Å². The second-order valence-electron chi connectivity index (χ2n) is 14.5. The first-order valence-electron chi connectivity index (χ1n) is 15.9. The van der Waals surface area contributed by atoms with Gasteiger partial charge in [0.1, 0.15) is 5.60 Å². The number of aliphatic hydroxyl groups is 3. The van der Waals surface area contributed by atoms with E-state index in [4.69, 9.17) is 0 Å². The molecule has 4 aliphatic carbocycles. The maximum absolute atomic E-state index is 12.1. The van der Waals surface area contributed by atoms with Crippen LogP contribution in [0.2, 0.25) is 0 Å². The molecule has 3 nitrogen and oxygen atoms in total. The average Bonchev–Trinajstić information content (AvgIpc) is 3.32. The van der Waals surface area contributed by atoms with Crippen LogP contribution in [0.5, 0.6) is 0 Å². The number of benzene rings is 2. The van der Waals surface area contributed by atoms with Crippen LogP contribution in [0.15, 0.2) is 60.7 Å². The summed E-state index contributed by atoms with van der Waals surface area (Å²) in [5, 5.41) is 34.5. The summed E-state index contributed by atoms with van der Waals surface area (Å²) < 4.78 is 0. The SMILES string of the molecule is CC(CCC(O)(c1ccccc1)c1ccccc1)C1CCC2C3CCC4CC(O)CC[C@]4(C)C3CC(O)[C@]12C. The molecular formula is C36H50O3.